The Morgan fingerprint density at radius 3 is 2.46 bits per heavy atom. The number of Topliss-reactive ketones (excluding diaryl/α,β-unsaturated/α-hetero) is 1. The van der Waals surface area contributed by atoms with Gasteiger partial charge in [0.1, 0.15) is 17.3 Å². The Hall–Kier alpha value is -4.39. The van der Waals surface area contributed by atoms with Gasteiger partial charge in [-0.2, -0.15) is 0 Å². The van der Waals surface area contributed by atoms with Gasteiger partial charge in [-0.25, -0.2) is 0 Å². The van der Waals surface area contributed by atoms with Gasteiger partial charge in [0.25, 0.3) is 5.78 Å². The van der Waals surface area contributed by atoms with Gasteiger partial charge in [0, 0.05) is 11.6 Å². The molecule has 1 atom stereocenters. The molecule has 7 nitrogen and oxygen atoms in total. The van der Waals surface area contributed by atoms with Crippen LogP contribution in [0.25, 0.3) is 16.5 Å². The van der Waals surface area contributed by atoms with E-state index >= 15 is 0 Å². The third-order valence-corrected chi connectivity index (χ3v) is 6.00. The van der Waals surface area contributed by atoms with E-state index in [1.54, 1.807) is 49.4 Å². The van der Waals surface area contributed by atoms with Gasteiger partial charge in [-0.05, 0) is 47.9 Å². The second-order valence-corrected chi connectivity index (χ2v) is 8.44. The lowest BCUT2D eigenvalue weighted by Crippen LogP contribution is -2.29. The minimum absolute atomic E-state index is 0.00633. The fourth-order valence-corrected chi connectivity index (χ4v) is 4.31. The van der Waals surface area contributed by atoms with Crippen molar-refractivity contribution in [1.29, 1.82) is 0 Å². The van der Waals surface area contributed by atoms with E-state index in [1.165, 1.54) is 4.90 Å². The molecule has 1 N–H and O–H groups in total. The zero-order valence-corrected chi connectivity index (χ0v) is 19.4. The first-order valence-corrected chi connectivity index (χ1v) is 11.4. The minimum Gasteiger partial charge on any atom is -0.507 e. The number of carbonyl (C=O) groups is 2. The van der Waals surface area contributed by atoms with Crippen molar-refractivity contribution in [2.75, 3.05) is 11.5 Å². The van der Waals surface area contributed by atoms with Crippen molar-refractivity contribution in [2.45, 2.75) is 26.3 Å². The number of aromatic nitrogens is 1. The summed E-state index contributed by atoms with van der Waals surface area (Å²) in [4.78, 5) is 27.7. The van der Waals surface area contributed by atoms with Crippen LogP contribution in [0.5, 0.6) is 5.75 Å². The molecular weight excluding hydrogens is 444 g/mol. The van der Waals surface area contributed by atoms with E-state index in [-0.39, 0.29) is 17.2 Å². The summed E-state index contributed by atoms with van der Waals surface area (Å²) in [6.45, 7) is 4.31. The molecule has 5 rings (SSSR count). The van der Waals surface area contributed by atoms with Crippen molar-refractivity contribution >= 4 is 34.0 Å². The highest BCUT2D eigenvalue weighted by molar-refractivity contribution is 6.51. The number of aliphatic hydroxyl groups is 1. The van der Waals surface area contributed by atoms with E-state index < -0.39 is 17.7 Å². The van der Waals surface area contributed by atoms with E-state index in [1.807, 2.05) is 37.3 Å². The summed E-state index contributed by atoms with van der Waals surface area (Å²) >= 11 is 0. The van der Waals surface area contributed by atoms with Crippen molar-refractivity contribution < 1.29 is 24.0 Å². The third-order valence-electron chi connectivity index (χ3n) is 6.00. The Kier molecular flexibility index (Phi) is 5.82. The quantitative estimate of drug-likeness (QED) is 0.227. The molecule has 7 heteroatoms. The monoisotopic (exact) mass is 468 g/mol. The van der Waals surface area contributed by atoms with Gasteiger partial charge < -0.3 is 14.4 Å². The van der Waals surface area contributed by atoms with Crippen LogP contribution >= 0.6 is 0 Å². The number of benzene rings is 3. The maximum Gasteiger partial charge on any atom is 0.301 e. The molecule has 1 amide bonds. The van der Waals surface area contributed by atoms with Crippen LogP contribution in [0.2, 0.25) is 0 Å². The Morgan fingerprint density at radius 1 is 1.03 bits per heavy atom. The van der Waals surface area contributed by atoms with Crippen molar-refractivity contribution in [1.82, 2.24) is 5.16 Å². The maximum absolute atomic E-state index is 13.3. The van der Waals surface area contributed by atoms with E-state index in [2.05, 4.69) is 5.16 Å². The van der Waals surface area contributed by atoms with Gasteiger partial charge in [-0.1, -0.05) is 60.6 Å². The van der Waals surface area contributed by atoms with Crippen molar-refractivity contribution in [2.24, 2.45) is 0 Å². The van der Waals surface area contributed by atoms with Gasteiger partial charge in [0.05, 0.1) is 18.2 Å². The lowest BCUT2D eigenvalue weighted by Gasteiger charge is -2.23. The number of aliphatic hydroxyl groups excluding tert-OH is 1. The molecule has 0 aliphatic carbocycles. The standard InChI is InChI=1S/C28H24N2O5/c1-3-14-34-22-12-10-19(11-13-22)25-24(27(32)28(33)30(25)23-15-17(2)35-29-23)26(31)21-9-8-18-6-4-5-7-20(18)16-21/h4-13,15-16,25,31H,3,14H2,1-2H3/b26-24+. The van der Waals surface area contributed by atoms with Crippen molar-refractivity contribution in [3.63, 3.8) is 0 Å². The van der Waals surface area contributed by atoms with Crippen LogP contribution in [0, 0.1) is 6.92 Å². The molecule has 2 heterocycles. The van der Waals surface area contributed by atoms with Crippen LogP contribution in [0.15, 0.2) is 82.9 Å². The molecule has 35 heavy (non-hydrogen) atoms. The number of fused-ring (bicyclic) bond motifs is 1. The van der Waals surface area contributed by atoms with Crippen LogP contribution in [0.1, 0.15) is 36.3 Å². The largest absolute Gasteiger partial charge is 0.507 e. The summed E-state index contributed by atoms with van der Waals surface area (Å²) in [6.07, 6.45) is 0.874. The number of amides is 1. The Bertz CT molecular complexity index is 1450. The maximum atomic E-state index is 13.3. The summed E-state index contributed by atoms with van der Waals surface area (Å²) in [5.41, 5.74) is 1.08. The smallest absolute Gasteiger partial charge is 0.301 e. The first kappa shape index (κ1) is 22.4. The topological polar surface area (TPSA) is 92.9 Å². The molecule has 3 aromatic carbocycles. The molecule has 1 saturated heterocycles. The molecule has 1 aliphatic rings. The number of ketones is 1. The number of ether oxygens (including phenoxy) is 1. The predicted molar refractivity (Wildman–Crippen MR) is 132 cm³/mol. The van der Waals surface area contributed by atoms with E-state index in [0.29, 0.717) is 29.2 Å². The second-order valence-electron chi connectivity index (χ2n) is 8.44. The van der Waals surface area contributed by atoms with Gasteiger partial charge in [-0.15, -0.1) is 0 Å². The fraction of sp³-hybridized carbons (Fsp3) is 0.179. The lowest BCUT2D eigenvalue weighted by molar-refractivity contribution is -0.132. The summed E-state index contributed by atoms with van der Waals surface area (Å²) in [5.74, 6) is -0.422. The molecule has 4 aromatic rings. The van der Waals surface area contributed by atoms with Crippen molar-refractivity contribution in [3.05, 3.63) is 95.3 Å². The van der Waals surface area contributed by atoms with Gasteiger partial charge >= 0.3 is 5.91 Å². The molecule has 1 aromatic heterocycles. The first-order valence-electron chi connectivity index (χ1n) is 11.4. The summed E-state index contributed by atoms with van der Waals surface area (Å²) in [7, 11) is 0. The zero-order valence-electron chi connectivity index (χ0n) is 19.4. The van der Waals surface area contributed by atoms with Crippen LogP contribution in [0.4, 0.5) is 5.82 Å². The van der Waals surface area contributed by atoms with Gasteiger partial charge in [-0.3, -0.25) is 14.5 Å². The molecule has 0 spiro atoms. The van der Waals surface area contributed by atoms with Crippen LogP contribution < -0.4 is 9.64 Å². The zero-order chi connectivity index (χ0) is 24.5. The SMILES string of the molecule is CCCOc1ccc(C2/C(=C(\O)c3ccc4ccccc4c3)C(=O)C(=O)N2c2cc(C)on2)cc1. The minimum atomic E-state index is -0.883. The molecular formula is C28H24N2O5. The number of hydrogen-bond donors (Lipinski definition) is 1. The Labute approximate surface area is 202 Å². The molecule has 0 radical (unpaired) electrons. The Morgan fingerprint density at radius 2 is 1.77 bits per heavy atom. The van der Waals surface area contributed by atoms with E-state index in [0.717, 1.165) is 17.2 Å². The normalized spacial score (nSPS) is 17.3. The molecule has 1 fully saturated rings. The highest BCUT2D eigenvalue weighted by Crippen LogP contribution is 2.42. The average molecular weight is 469 g/mol. The molecule has 0 bridgehead atoms. The average Bonchev–Trinajstić information content (AvgIpc) is 3.42. The third kappa shape index (κ3) is 4.05. The number of nitrogens with zero attached hydrogens (tertiary/aromatic N) is 2. The molecule has 0 saturated carbocycles. The number of carbonyl (C=O) groups excluding carboxylic acids is 2. The fourth-order valence-electron chi connectivity index (χ4n) is 4.31. The molecule has 1 aliphatic heterocycles. The molecule has 176 valence electrons. The highest BCUT2D eigenvalue weighted by Gasteiger charge is 2.48. The number of anilines is 1. The first-order chi connectivity index (χ1) is 17.0. The predicted octanol–water partition coefficient (Wildman–Crippen LogP) is 5.55. The van der Waals surface area contributed by atoms with Crippen LogP contribution in [-0.4, -0.2) is 28.6 Å². The lowest BCUT2D eigenvalue weighted by atomic mass is 9.94. The second kappa shape index (κ2) is 9.10. The van der Waals surface area contributed by atoms with Gasteiger partial charge in [0.2, 0.25) is 0 Å². The van der Waals surface area contributed by atoms with Crippen molar-refractivity contribution in [3.8, 4) is 5.75 Å². The van der Waals surface area contributed by atoms with E-state index in [4.69, 9.17) is 9.26 Å². The summed E-state index contributed by atoms with van der Waals surface area (Å²) in [6, 6.07) is 21.0. The summed E-state index contributed by atoms with van der Waals surface area (Å²) in [5, 5.41) is 17.2. The van der Waals surface area contributed by atoms with E-state index in [9.17, 15) is 14.7 Å². The number of aryl methyl sites for hydroxylation is 1. The van der Waals surface area contributed by atoms with Crippen LogP contribution in [0.3, 0.4) is 0 Å². The van der Waals surface area contributed by atoms with Gasteiger partial charge in [0.15, 0.2) is 5.82 Å². The highest BCUT2D eigenvalue weighted by atomic mass is 16.5. The summed E-state index contributed by atoms with van der Waals surface area (Å²) < 4.78 is 10.9. The van der Waals surface area contributed by atoms with Crippen LogP contribution in [-0.2, 0) is 9.59 Å². The number of rotatable bonds is 6. The number of hydrogen-bond acceptors (Lipinski definition) is 6. The Balaban J connectivity index is 1.66. The molecule has 1 unspecified atom stereocenters.